The van der Waals surface area contributed by atoms with Crippen molar-refractivity contribution in [3.05, 3.63) is 29.8 Å². The highest BCUT2D eigenvalue weighted by molar-refractivity contribution is 5.94. The van der Waals surface area contributed by atoms with Gasteiger partial charge in [-0.1, -0.05) is 25.8 Å². The minimum Gasteiger partial charge on any atom is -0.482 e. The van der Waals surface area contributed by atoms with E-state index < -0.39 is 12.6 Å². The third-order valence-electron chi connectivity index (χ3n) is 3.07. The Morgan fingerprint density at radius 2 is 2.14 bits per heavy atom. The van der Waals surface area contributed by atoms with Crippen molar-refractivity contribution in [3.8, 4) is 5.75 Å². The van der Waals surface area contributed by atoms with E-state index in [1.807, 2.05) is 0 Å². The number of benzene rings is 1. The van der Waals surface area contributed by atoms with Gasteiger partial charge in [0.1, 0.15) is 5.75 Å². The number of unbranched alkanes of at least 4 members (excludes halogenated alkanes) is 1. The van der Waals surface area contributed by atoms with Crippen molar-refractivity contribution in [2.24, 2.45) is 0 Å². The van der Waals surface area contributed by atoms with E-state index in [4.69, 9.17) is 14.6 Å². The van der Waals surface area contributed by atoms with Gasteiger partial charge in [0.05, 0.1) is 12.6 Å². The summed E-state index contributed by atoms with van der Waals surface area (Å²) in [5, 5.41) is 11.5. The van der Waals surface area contributed by atoms with E-state index in [-0.39, 0.29) is 11.9 Å². The Morgan fingerprint density at radius 1 is 1.36 bits per heavy atom. The fourth-order valence-corrected chi connectivity index (χ4v) is 1.99. The number of ether oxygens (including phenoxy) is 2. The van der Waals surface area contributed by atoms with Gasteiger partial charge in [-0.3, -0.25) is 4.79 Å². The lowest BCUT2D eigenvalue weighted by atomic mass is 10.1. The van der Waals surface area contributed by atoms with Crippen LogP contribution in [0.5, 0.6) is 5.75 Å². The lowest BCUT2D eigenvalue weighted by molar-refractivity contribution is -0.139. The monoisotopic (exact) mass is 309 g/mol. The number of carbonyl (C=O) groups is 2. The van der Waals surface area contributed by atoms with Gasteiger partial charge in [0.15, 0.2) is 6.61 Å². The molecule has 0 saturated carbocycles. The van der Waals surface area contributed by atoms with Crippen LogP contribution in [0.4, 0.5) is 0 Å². The van der Waals surface area contributed by atoms with E-state index in [2.05, 4.69) is 12.2 Å². The highest BCUT2D eigenvalue weighted by atomic mass is 16.5. The average Bonchev–Trinajstić information content (AvgIpc) is 2.51. The summed E-state index contributed by atoms with van der Waals surface area (Å²) in [5.41, 5.74) is 0.431. The largest absolute Gasteiger partial charge is 0.482 e. The van der Waals surface area contributed by atoms with E-state index in [0.717, 1.165) is 19.3 Å². The fourth-order valence-electron chi connectivity index (χ4n) is 1.99. The molecule has 0 aromatic heterocycles. The Labute approximate surface area is 130 Å². The summed E-state index contributed by atoms with van der Waals surface area (Å²) in [6.45, 7) is 2.11. The van der Waals surface area contributed by atoms with Gasteiger partial charge in [-0.05, 0) is 24.6 Å². The molecule has 0 saturated heterocycles. The number of carboxylic acid groups (broad SMARTS) is 1. The van der Waals surface area contributed by atoms with Gasteiger partial charge < -0.3 is 19.9 Å². The number of hydrogen-bond donors (Lipinski definition) is 2. The van der Waals surface area contributed by atoms with Gasteiger partial charge in [0, 0.05) is 12.7 Å². The van der Waals surface area contributed by atoms with Crippen LogP contribution in [0.1, 0.15) is 36.5 Å². The molecule has 0 aliphatic carbocycles. The number of hydrogen-bond acceptors (Lipinski definition) is 4. The van der Waals surface area contributed by atoms with Gasteiger partial charge in [0.25, 0.3) is 5.91 Å². The Bertz CT molecular complexity index is 489. The van der Waals surface area contributed by atoms with Gasteiger partial charge in [-0.2, -0.15) is 0 Å². The van der Waals surface area contributed by atoms with Crippen LogP contribution in [0, 0.1) is 0 Å². The molecule has 0 heterocycles. The van der Waals surface area contributed by atoms with Gasteiger partial charge in [0.2, 0.25) is 0 Å². The topological polar surface area (TPSA) is 84.9 Å². The molecule has 22 heavy (non-hydrogen) atoms. The van der Waals surface area contributed by atoms with Crippen LogP contribution in [0.2, 0.25) is 0 Å². The van der Waals surface area contributed by atoms with Crippen molar-refractivity contribution >= 4 is 11.9 Å². The normalized spacial score (nSPS) is 11.7. The molecule has 1 unspecified atom stereocenters. The number of methoxy groups -OCH3 is 1. The molecule has 1 atom stereocenters. The summed E-state index contributed by atoms with van der Waals surface area (Å²) in [4.78, 5) is 22.7. The van der Waals surface area contributed by atoms with E-state index in [9.17, 15) is 9.59 Å². The highest BCUT2D eigenvalue weighted by Crippen LogP contribution is 2.14. The molecule has 0 radical (unpaired) electrons. The lowest BCUT2D eigenvalue weighted by Gasteiger charge is -2.18. The molecule has 122 valence electrons. The molecule has 0 fully saturated rings. The molecular weight excluding hydrogens is 286 g/mol. The zero-order valence-corrected chi connectivity index (χ0v) is 13.0. The average molecular weight is 309 g/mol. The predicted molar refractivity (Wildman–Crippen MR) is 82.2 cm³/mol. The third-order valence-corrected chi connectivity index (χ3v) is 3.07. The predicted octanol–water partition coefficient (Wildman–Crippen LogP) is 2.08. The van der Waals surface area contributed by atoms with Crippen LogP contribution in [0.25, 0.3) is 0 Å². The van der Waals surface area contributed by atoms with E-state index in [1.54, 1.807) is 25.3 Å². The van der Waals surface area contributed by atoms with E-state index in [0.29, 0.717) is 17.9 Å². The smallest absolute Gasteiger partial charge is 0.341 e. The van der Waals surface area contributed by atoms with Crippen LogP contribution < -0.4 is 10.1 Å². The molecule has 1 aromatic rings. The summed E-state index contributed by atoms with van der Waals surface area (Å²) >= 11 is 0. The van der Waals surface area contributed by atoms with Crippen LogP contribution in [-0.4, -0.2) is 43.3 Å². The van der Waals surface area contributed by atoms with Gasteiger partial charge >= 0.3 is 5.97 Å². The van der Waals surface area contributed by atoms with Crippen molar-refractivity contribution in [2.75, 3.05) is 20.3 Å². The highest BCUT2D eigenvalue weighted by Gasteiger charge is 2.14. The fraction of sp³-hybridized carbons (Fsp3) is 0.500. The Kier molecular flexibility index (Phi) is 7.99. The Balaban J connectivity index is 2.66. The molecule has 0 bridgehead atoms. The van der Waals surface area contributed by atoms with Crippen molar-refractivity contribution in [2.45, 2.75) is 32.2 Å². The third kappa shape index (κ3) is 6.58. The zero-order valence-electron chi connectivity index (χ0n) is 13.0. The van der Waals surface area contributed by atoms with Crippen molar-refractivity contribution in [1.29, 1.82) is 0 Å². The number of rotatable bonds is 10. The van der Waals surface area contributed by atoms with E-state index in [1.165, 1.54) is 6.07 Å². The second-order valence-electron chi connectivity index (χ2n) is 4.98. The van der Waals surface area contributed by atoms with Crippen LogP contribution in [0.15, 0.2) is 24.3 Å². The standard InChI is InChI=1S/C16H23NO5/c1-3-4-7-13(10-21-2)17-16(20)12-6-5-8-14(9-12)22-11-15(18)19/h5-6,8-9,13H,3-4,7,10-11H2,1-2H3,(H,17,20)(H,18,19). The number of carbonyl (C=O) groups excluding carboxylic acids is 1. The molecule has 0 spiro atoms. The van der Waals surface area contributed by atoms with Gasteiger partial charge in [-0.15, -0.1) is 0 Å². The minimum atomic E-state index is -1.06. The molecule has 0 aliphatic heterocycles. The summed E-state index contributed by atoms with van der Waals surface area (Å²) in [5.74, 6) is -0.930. The Morgan fingerprint density at radius 3 is 2.77 bits per heavy atom. The van der Waals surface area contributed by atoms with Gasteiger partial charge in [-0.25, -0.2) is 4.79 Å². The maximum Gasteiger partial charge on any atom is 0.341 e. The summed E-state index contributed by atoms with van der Waals surface area (Å²) in [6.07, 6.45) is 2.91. The minimum absolute atomic E-state index is 0.0407. The maximum atomic E-state index is 12.2. The molecule has 6 nitrogen and oxygen atoms in total. The molecule has 0 aliphatic rings. The SMILES string of the molecule is CCCCC(COC)NC(=O)c1cccc(OCC(=O)O)c1. The quantitative estimate of drug-likeness (QED) is 0.691. The first-order valence-corrected chi connectivity index (χ1v) is 7.31. The molecule has 1 rings (SSSR count). The summed E-state index contributed by atoms with van der Waals surface area (Å²) in [6, 6.07) is 6.42. The molecule has 6 heteroatoms. The van der Waals surface area contributed by atoms with Crippen molar-refractivity contribution in [1.82, 2.24) is 5.32 Å². The summed E-state index contributed by atoms with van der Waals surface area (Å²) < 4.78 is 10.2. The molecule has 1 aromatic carbocycles. The first kappa shape index (κ1) is 18.0. The Hall–Kier alpha value is -2.08. The second kappa shape index (κ2) is 9.78. The molecule has 2 N–H and O–H groups in total. The lowest BCUT2D eigenvalue weighted by Crippen LogP contribution is -2.38. The number of nitrogens with one attached hydrogen (secondary N) is 1. The number of aliphatic carboxylic acids is 1. The summed E-state index contributed by atoms with van der Waals surface area (Å²) in [7, 11) is 1.60. The van der Waals surface area contributed by atoms with Crippen LogP contribution >= 0.6 is 0 Å². The first-order chi connectivity index (χ1) is 10.6. The van der Waals surface area contributed by atoms with Crippen LogP contribution in [0.3, 0.4) is 0 Å². The molecule has 1 amide bonds. The number of amides is 1. The van der Waals surface area contributed by atoms with E-state index >= 15 is 0 Å². The molecular formula is C16H23NO5. The van der Waals surface area contributed by atoms with Crippen molar-refractivity contribution in [3.63, 3.8) is 0 Å². The second-order valence-corrected chi connectivity index (χ2v) is 4.98. The van der Waals surface area contributed by atoms with Crippen LogP contribution in [-0.2, 0) is 9.53 Å². The number of carboxylic acids is 1. The maximum absolute atomic E-state index is 12.2. The zero-order chi connectivity index (χ0) is 16.4. The van der Waals surface area contributed by atoms with Crippen molar-refractivity contribution < 1.29 is 24.2 Å². The first-order valence-electron chi connectivity index (χ1n) is 7.31.